The van der Waals surface area contributed by atoms with Crippen LogP contribution in [0.4, 0.5) is 5.82 Å². The molecule has 0 atom stereocenters. The molecule has 0 unspecified atom stereocenters. The van der Waals surface area contributed by atoms with Crippen LogP contribution in [-0.2, 0) is 4.79 Å². The largest absolute Gasteiger partial charge is 0.493 e. The third-order valence-electron chi connectivity index (χ3n) is 4.63. The summed E-state index contributed by atoms with van der Waals surface area (Å²) in [5.74, 6) is 2.31. The minimum Gasteiger partial charge on any atom is -0.493 e. The average molecular weight is 344 g/mol. The number of hydrogen-bond donors (Lipinski definition) is 1. The zero-order chi connectivity index (χ0) is 17.8. The molecule has 25 heavy (non-hydrogen) atoms. The number of nitrogens with zero attached hydrogens (tertiary/aromatic N) is 3. The Bertz CT molecular complexity index is 757. The Hall–Kier alpha value is -2.57. The van der Waals surface area contributed by atoms with E-state index in [1.54, 1.807) is 20.4 Å². The molecule has 134 valence electrons. The summed E-state index contributed by atoms with van der Waals surface area (Å²) in [4.78, 5) is 13.8. The molecule has 1 aromatic heterocycles. The molecule has 1 aliphatic rings. The van der Waals surface area contributed by atoms with E-state index in [0.29, 0.717) is 17.9 Å². The predicted octanol–water partition coefficient (Wildman–Crippen LogP) is 2.14. The minimum atomic E-state index is 0.111. The van der Waals surface area contributed by atoms with E-state index in [2.05, 4.69) is 20.4 Å². The summed E-state index contributed by atoms with van der Waals surface area (Å²) in [7, 11) is 3.24. The summed E-state index contributed by atoms with van der Waals surface area (Å²) < 4.78 is 10.8. The van der Waals surface area contributed by atoms with E-state index < -0.39 is 0 Å². The fourth-order valence-electron chi connectivity index (χ4n) is 3.19. The highest BCUT2D eigenvalue weighted by atomic mass is 16.5. The van der Waals surface area contributed by atoms with Gasteiger partial charge in [-0.2, -0.15) is 5.10 Å². The van der Waals surface area contributed by atoms with Gasteiger partial charge >= 0.3 is 0 Å². The van der Waals surface area contributed by atoms with Crippen LogP contribution in [0.2, 0.25) is 0 Å². The number of methoxy groups -OCH3 is 2. The van der Waals surface area contributed by atoms with Crippen LogP contribution in [0, 0.1) is 0 Å². The first-order valence-electron chi connectivity index (χ1n) is 8.58. The third kappa shape index (κ3) is 3.60. The van der Waals surface area contributed by atoms with Gasteiger partial charge in [0.25, 0.3) is 0 Å². The van der Waals surface area contributed by atoms with Crippen molar-refractivity contribution in [3.8, 4) is 11.5 Å². The molecule has 0 radical (unpaired) electrons. The molecule has 1 fully saturated rings. The van der Waals surface area contributed by atoms with Crippen molar-refractivity contribution in [2.75, 3.05) is 32.2 Å². The first kappa shape index (κ1) is 17.3. The van der Waals surface area contributed by atoms with Gasteiger partial charge in [0.15, 0.2) is 17.3 Å². The monoisotopic (exact) mass is 344 g/mol. The number of ether oxygens (including phenoxy) is 2. The second kappa shape index (κ2) is 7.55. The Kier molecular flexibility index (Phi) is 5.21. The van der Waals surface area contributed by atoms with Crippen molar-refractivity contribution in [3.63, 3.8) is 0 Å². The number of piperidine rings is 1. The van der Waals surface area contributed by atoms with E-state index in [0.717, 1.165) is 42.5 Å². The van der Waals surface area contributed by atoms with Crippen molar-refractivity contribution >= 4 is 22.5 Å². The van der Waals surface area contributed by atoms with Crippen LogP contribution in [0.1, 0.15) is 26.2 Å². The van der Waals surface area contributed by atoms with Crippen LogP contribution in [0.15, 0.2) is 18.3 Å². The highest BCUT2D eigenvalue weighted by Crippen LogP contribution is 2.35. The smallest absolute Gasteiger partial charge is 0.219 e. The Morgan fingerprint density at radius 3 is 2.56 bits per heavy atom. The van der Waals surface area contributed by atoms with Gasteiger partial charge in [-0.05, 0) is 25.0 Å². The SMILES string of the molecule is CCC(=O)NC1CCN(c2nncc3cc(OC)c(OC)cc23)CC1. The lowest BCUT2D eigenvalue weighted by Gasteiger charge is -2.33. The van der Waals surface area contributed by atoms with Gasteiger partial charge in [0.05, 0.1) is 20.4 Å². The summed E-state index contributed by atoms with van der Waals surface area (Å²) >= 11 is 0. The first-order valence-corrected chi connectivity index (χ1v) is 8.58. The number of carbonyl (C=O) groups excluding carboxylic acids is 1. The number of amides is 1. The van der Waals surface area contributed by atoms with Crippen molar-refractivity contribution in [3.05, 3.63) is 18.3 Å². The van der Waals surface area contributed by atoms with E-state index in [9.17, 15) is 4.79 Å². The Morgan fingerprint density at radius 1 is 1.24 bits per heavy atom. The summed E-state index contributed by atoms with van der Waals surface area (Å²) in [6.07, 6.45) is 4.06. The molecule has 0 aliphatic carbocycles. The number of carbonyl (C=O) groups is 1. The summed E-state index contributed by atoms with van der Waals surface area (Å²) in [5.41, 5.74) is 0. The number of anilines is 1. The van der Waals surface area contributed by atoms with E-state index in [1.165, 1.54) is 0 Å². The van der Waals surface area contributed by atoms with Gasteiger partial charge in [-0.1, -0.05) is 6.92 Å². The summed E-state index contributed by atoms with van der Waals surface area (Å²) in [5, 5.41) is 13.5. The molecule has 3 rings (SSSR count). The standard InChI is InChI=1S/C18H24N4O3/c1-4-17(23)20-13-5-7-22(8-6-13)18-14-10-16(25-3)15(24-2)9-12(14)11-19-21-18/h9-11,13H,4-8H2,1-3H3,(H,20,23). The van der Waals surface area contributed by atoms with Crippen LogP contribution in [0.3, 0.4) is 0 Å². The van der Waals surface area contributed by atoms with Crippen molar-refractivity contribution in [2.24, 2.45) is 0 Å². The van der Waals surface area contributed by atoms with Gasteiger partial charge in [-0.3, -0.25) is 4.79 Å². The normalized spacial score (nSPS) is 15.2. The lowest BCUT2D eigenvalue weighted by molar-refractivity contribution is -0.121. The molecule has 7 nitrogen and oxygen atoms in total. The maximum atomic E-state index is 11.6. The average Bonchev–Trinajstić information content (AvgIpc) is 2.66. The number of rotatable bonds is 5. The number of aromatic nitrogens is 2. The molecule has 0 saturated carbocycles. The predicted molar refractivity (Wildman–Crippen MR) is 96.3 cm³/mol. The number of hydrogen-bond acceptors (Lipinski definition) is 6. The van der Waals surface area contributed by atoms with Gasteiger partial charge in [-0.15, -0.1) is 5.10 Å². The maximum absolute atomic E-state index is 11.6. The molecule has 1 aliphatic heterocycles. The van der Waals surface area contributed by atoms with Crippen molar-refractivity contribution < 1.29 is 14.3 Å². The second-order valence-electron chi connectivity index (χ2n) is 6.15. The molecule has 1 amide bonds. The molecule has 0 spiro atoms. The van der Waals surface area contributed by atoms with Gasteiger partial charge in [0.1, 0.15) is 0 Å². The van der Waals surface area contributed by atoms with E-state index in [-0.39, 0.29) is 11.9 Å². The minimum absolute atomic E-state index is 0.111. The van der Waals surface area contributed by atoms with Crippen LogP contribution in [0.25, 0.3) is 10.8 Å². The van der Waals surface area contributed by atoms with Gasteiger partial charge < -0.3 is 19.7 Å². The second-order valence-corrected chi connectivity index (χ2v) is 6.15. The summed E-state index contributed by atoms with van der Waals surface area (Å²) in [6, 6.07) is 4.10. The van der Waals surface area contributed by atoms with E-state index >= 15 is 0 Å². The topological polar surface area (TPSA) is 76.6 Å². The quantitative estimate of drug-likeness (QED) is 0.895. The molecule has 7 heteroatoms. The molecular formula is C18H24N4O3. The maximum Gasteiger partial charge on any atom is 0.219 e. The van der Waals surface area contributed by atoms with E-state index in [4.69, 9.17) is 9.47 Å². The zero-order valence-electron chi connectivity index (χ0n) is 14.9. The molecular weight excluding hydrogens is 320 g/mol. The van der Waals surface area contributed by atoms with Crippen LogP contribution < -0.4 is 19.7 Å². The van der Waals surface area contributed by atoms with Crippen LogP contribution in [-0.4, -0.2) is 49.5 Å². The fraction of sp³-hybridized carbons (Fsp3) is 0.500. The highest BCUT2D eigenvalue weighted by molar-refractivity contribution is 5.94. The van der Waals surface area contributed by atoms with Crippen LogP contribution >= 0.6 is 0 Å². The van der Waals surface area contributed by atoms with Gasteiger partial charge in [-0.25, -0.2) is 0 Å². The third-order valence-corrected chi connectivity index (χ3v) is 4.63. The lowest BCUT2D eigenvalue weighted by atomic mass is 10.0. The summed E-state index contributed by atoms with van der Waals surface area (Å²) in [6.45, 7) is 3.53. The van der Waals surface area contributed by atoms with Crippen molar-refractivity contribution in [2.45, 2.75) is 32.2 Å². The van der Waals surface area contributed by atoms with Crippen molar-refractivity contribution in [1.29, 1.82) is 0 Å². The molecule has 0 bridgehead atoms. The number of nitrogens with one attached hydrogen (secondary N) is 1. The molecule has 1 saturated heterocycles. The molecule has 1 N–H and O–H groups in total. The first-order chi connectivity index (χ1) is 12.2. The van der Waals surface area contributed by atoms with Crippen LogP contribution in [0.5, 0.6) is 11.5 Å². The fourth-order valence-corrected chi connectivity index (χ4v) is 3.19. The van der Waals surface area contributed by atoms with Gasteiger partial charge in [0.2, 0.25) is 5.91 Å². The molecule has 2 heterocycles. The zero-order valence-corrected chi connectivity index (χ0v) is 14.9. The Balaban J connectivity index is 1.83. The molecule has 1 aromatic carbocycles. The number of benzene rings is 1. The number of fused-ring (bicyclic) bond motifs is 1. The van der Waals surface area contributed by atoms with Crippen molar-refractivity contribution in [1.82, 2.24) is 15.5 Å². The van der Waals surface area contributed by atoms with E-state index in [1.807, 2.05) is 19.1 Å². The molecule has 2 aromatic rings. The Morgan fingerprint density at radius 2 is 1.92 bits per heavy atom. The van der Waals surface area contributed by atoms with Gasteiger partial charge in [0, 0.05) is 36.3 Å². The Labute approximate surface area is 147 Å². The highest BCUT2D eigenvalue weighted by Gasteiger charge is 2.23. The lowest BCUT2D eigenvalue weighted by Crippen LogP contribution is -2.44.